The minimum Gasteiger partial charge on any atom is -0.506 e. The second-order valence-corrected chi connectivity index (χ2v) is 5.93. The van der Waals surface area contributed by atoms with Crippen molar-refractivity contribution in [3.8, 4) is 11.8 Å². The first-order valence-electron chi connectivity index (χ1n) is 8.23. The lowest BCUT2D eigenvalue weighted by Gasteiger charge is -2.15. The van der Waals surface area contributed by atoms with Gasteiger partial charge in [-0.05, 0) is 37.5 Å². The van der Waals surface area contributed by atoms with Gasteiger partial charge in [0.15, 0.2) is 0 Å². The van der Waals surface area contributed by atoms with Crippen LogP contribution in [-0.2, 0) is 9.59 Å². The van der Waals surface area contributed by atoms with E-state index in [0.717, 1.165) is 18.5 Å². The summed E-state index contributed by atoms with van der Waals surface area (Å²) in [6.07, 6.45) is 3.40. The Bertz CT molecular complexity index is 722. The fraction of sp³-hybridized carbons (Fsp3) is 0.389. The van der Waals surface area contributed by atoms with Crippen molar-refractivity contribution in [1.82, 2.24) is 10.2 Å². The van der Waals surface area contributed by atoms with Crippen molar-refractivity contribution in [3.63, 3.8) is 0 Å². The van der Waals surface area contributed by atoms with Gasteiger partial charge < -0.3 is 20.6 Å². The Morgan fingerprint density at radius 3 is 2.92 bits per heavy atom. The number of amides is 2. The zero-order valence-corrected chi connectivity index (χ0v) is 14.2. The molecule has 0 aromatic heterocycles. The van der Waals surface area contributed by atoms with E-state index in [1.165, 1.54) is 6.20 Å². The first-order valence-corrected chi connectivity index (χ1v) is 8.23. The molecule has 2 rings (SSSR count). The zero-order valence-electron chi connectivity index (χ0n) is 14.2. The maximum atomic E-state index is 12.0. The van der Waals surface area contributed by atoms with Gasteiger partial charge in [0, 0.05) is 32.3 Å². The van der Waals surface area contributed by atoms with Crippen LogP contribution in [0.15, 0.2) is 30.0 Å². The monoisotopic (exact) mass is 342 g/mol. The molecule has 1 aliphatic heterocycles. The summed E-state index contributed by atoms with van der Waals surface area (Å²) >= 11 is 0. The van der Waals surface area contributed by atoms with Crippen molar-refractivity contribution in [2.75, 3.05) is 25.0 Å². The first-order chi connectivity index (χ1) is 12.0. The van der Waals surface area contributed by atoms with E-state index in [1.54, 1.807) is 17.0 Å². The maximum absolute atomic E-state index is 12.0. The smallest absolute Gasteiger partial charge is 0.263 e. The minimum atomic E-state index is -0.491. The summed E-state index contributed by atoms with van der Waals surface area (Å²) in [7, 11) is 0. The molecule has 1 heterocycles. The summed E-state index contributed by atoms with van der Waals surface area (Å²) in [6, 6.07) is 6.89. The molecule has 7 heteroatoms. The molecule has 1 saturated heterocycles. The predicted octanol–water partition coefficient (Wildman–Crippen LogP) is 1.65. The highest BCUT2D eigenvalue weighted by atomic mass is 16.3. The number of aryl methyl sites for hydroxylation is 1. The number of phenols is 1. The molecule has 0 aliphatic carbocycles. The number of nitriles is 1. The quantitative estimate of drug-likeness (QED) is 0.302. The first kappa shape index (κ1) is 18.3. The Labute approximate surface area is 146 Å². The van der Waals surface area contributed by atoms with Gasteiger partial charge in [-0.2, -0.15) is 5.26 Å². The molecule has 0 atom stereocenters. The van der Waals surface area contributed by atoms with Crippen LogP contribution in [0.3, 0.4) is 0 Å². The molecule has 1 fully saturated rings. The fourth-order valence-electron chi connectivity index (χ4n) is 2.57. The van der Waals surface area contributed by atoms with Crippen molar-refractivity contribution in [3.05, 3.63) is 35.5 Å². The lowest BCUT2D eigenvalue weighted by molar-refractivity contribution is -0.127. The highest BCUT2D eigenvalue weighted by Gasteiger charge is 2.19. The minimum absolute atomic E-state index is 0.0456. The average Bonchev–Trinajstić information content (AvgIpc) is 2.99. The van der Waals surface area contributed by atoms with E-state index in [2.05, 4.69) is 10.6 Å². The normalized spacial score (nSPS) is 14.3. The van der Waals surface area contributed by atoms with Gasteiger partial charge in [0.05, 0.1) is 5.69 Å². The number of phenolic OH excluding ortho intramolecular Hbond substituents is 1. The number of nitrogens with zero attached hydrogens (tertiary/aromatic N) is 2. The molecular weight excluding hydrogens is 320 g/mol. The fourth-order valence-corrected chi connectivity index (χ4v) is 2.57. The van der Waals surface area contributed by atoms with E-state index >= 15 is 0 Å². The van der Waals surface area contributed by atoms with Gasteiger partial charge >= 0.3 is 0 Å². The molecule has 25 heavy (non-hydrogen) atoms. The lowest BCUT2D eigenvalue weighted by Crippen LogP contribution is -2.31. The van der Waals surface area contributed by atoms with E-state index < -0.39 is 5.91 Å². The van der Waals surface area contributed by atoms with E-state index in [0.29, 0.717) is 31.6 Å². The summed E-state index contributed by atoms with van der Waals surface area (Å²) in [5.41, 5.74) is 1.23. The molecule has 0 bridgehead atoms. The number of nitrogens with one attached hydrogen (secondary N) is 2. The van der Waals surface area contributed by atoms with E-state index in [9.17, 15) is 14.7 Å². The molecule has 7 nitrogen and oxygen atoms in total. The lowest BCUT2D eigenvalue weighted by atomic mass is 10.2. The number of likely N-dealkylation sites (tertiary alicyclic amines) is 1. The van der Waals surface area contributed by atoms with Gasteiger partial charge in [-0.25, -0.2) is 0 Å². The number of carbonyl (C=O) groups is 2. The molecule has 0 saturated carbocycles. The summed E-state index contributed by atoms with van der Waals surface area (Å²) in [6.45, 7) is 3.63. The molecule has 3 N–H and O–H groups in total. The van der Waals surface area contributed by atoms with Crippen LogP contribution < -0.4 is 10.6 Å². The Balaban J connectivity index is 1.81. The largest absolute Gasteiger partial charge is 0.506 e. The predicted molar refractivity (Wildman–Crippen MR) is 93.6 cm³/mol. The summed E-state index contributed by atoms with van der Waals surface area (Å²) < 4.78 is 0. The molecule has 0 unspecified atom stereocenters. The molecule has 1 aliphatic rings. The van der Waals surface area contributed by atoms with Gasteiger partial charge in [0.2, 0.25) is 5.91 Å². The Hall–Kier alpha value is -3.01. The van der Waals surface area contributed by atoms with Crippen molar-refractivity contribution in [2.45, 2.75) is 26.2 Å². The zero-order chi connectivity index (χ0) is 18.2. The summed E-state index contributed by atoms with van der Waals surface area (Å²) in [5, 5.41) is 24.4. The SMILES string of the molecule is Cc1ccc(N/C=C(/C#N)C(=O)NCCCN2CCCC2=O)c(O)c1. The Morgan fingerprint density at radius 2 is 2.28 bits per heavy atom. The van der Waals surface area contributed by atoms with Crippen molar-refractivity contribution in [2.24, 2.45) is 0 Å². The third-order valence-electron chi connectivity index (χ3n) is 3.95. The number of hydrogen-bond acceptors (Lipinski definition) is 5. The summed E-state index contributed by atoms with van der Waals surface area (Å²) in [5.74, 6) is -0.287. The van der Waals surface area contributed by atoms with Gasteiger partial charge in [-0.3, -0.25) is 9.59 Å². The number of aromatic hydroxyl groups is 1. The number of carbonyl (C=O) groups excluding carboxylic acids is 2. The van der Waals surface area contributed by atoms with Gasteiger partial charge in [-0.15, -0.1) is 0 Å². The van der Waals surface area contributed by atoms with Crippen LogP contribution in [0, 0.1) is 18.3 Å². The number of benzene rings is 1. The number of rotatable bonds is 7. The third-order valence-corrected chi connectivity index (χ3v) is 3.95. The molecule has 132 valence electrons. The molecular formula is C18H22N4O3. The van der Waals surface area contributed by atoms with E-state index in [-0.39, 0.29) is 17.2 Å². The third kappa shape index (κ3) is 5.24. The van der Waals surface area contributed by atoms with E-state index in [4.69, 9.17) is 5.26 Å². The van der Waals surface area contributed by atoms with Crippen molar-refractivity contribution < 1.29 is 14.7 Å². The van der Waals surface area contributed by atoms with Crippen LogP contribution in [0.25, 0.3) is 0 Å². The summed E-state index contributed by atoms with van der Waals surface area (Å²) in [4.78, 5) is 25.3. The van der Waals surface area contributed by atoms with E-state index in [1.807, 2.05) is 19.1 Å². The molecule has 0 radical (unpaired) electrons. The van der Waals surface area contributed by atoms with Crippen LogP contribution in [0.1, 0.15) is 24.8 Å². The van der Waals surface area contributed by atoms with Crippen LogP contribution in [0.5, 0.6) is 5.75 Å². The molecule has 1 aromatic rings. The van der Waals surface area contributed by atoms with Crippen LogP contribution in [0.2, 0.25) is 0 Å². The Kier molecular flexibility index (Phi) is 6.40. The molecule has 2 amide bonds. The van der Waals surface area contributed by atoms with Crippen molar-refractivity contribution in [1.29, 1.82) is 5.26 Å². The Morgan fingerprint density at radius 1 is 1.48 bits per heavy atom. The highest BCUT2D eigenvalue weighted by Crippen LogP contribution is 2.23. The maximum Gasteiger partial charge on any atom is 0.263 e. The van der Waals surface area contributed by atoms with Crippen LogP contribution in [0.4, 0.5) is 5.69 Å². The standard InChI is InChI=1S/C18H22N4O3/c1-13-5-6-15(16(23)10-13)21-12-14(11-19)18(25)20-7-3-9-22-8-2-4-17(22)24/h5-6,10,12,21,23H,2-4,7-9H2,1H3,(H,20,25)/b14-12-. The van der Waals surface area contributed by atoms with Gasteiger partial charge in [0.25, 0.3) is 5.91 Å². The average molecular weight is 342 g/mol. The highest BCUT2D eigenvalue weighted by molar-refractivity contribution is 5.97. The number of anilines is 1. The molecule has 0 spiro atoms. The topological polar surface area (TPSA) is 105 Å². The number of hydrogen-bond donors (Lipinski definition) is 3. The van der Waals surface area contributed by atoms with Gasteiger partial charge in [0.1, 0.15) is 17.4 Å². The van der Waals surface area contributed by atoms with Crippen LogP contribution in [-0.4, -0.2) is 41.5 Å². The van der Waals surface area contributed by atoms with Crippen molar-refractivity contribution >= 4 is 17.5 Å². The second kappa shape index (κ2) is 8.73. The second-order valence-electron chi connectivity index (χ2n) is 5.93. The molecule has 1 aromatic carbocycles. The van der Waals surface area contributed by atoms with Gasteiger partial charge in [-0.1, -0.05) is 6.07 Å². The van der Waals surface area contributed by atoms with Crippen LogP contribution >= 0.6 is 0 Å².